The van der Waals surface area contributed by atoms with Crippen molar-refractivity contribution in [2.75, 3.05) is 87.7 Å². The number of rotatable bonds is 8. The summed E-state index contributed by atoms with van der Waals surface area (Å²) < 4.78 is 39.5. The van der Waals surface area contributed by atoms with E-state index in [0.717, 1.165) is 61.9 Å². The molecule has 4 fully saturated rings. The SMILES string of the molecule is N#Cc1c(N)sc2c1C1(CN(c3nc(OCC4(CN5CCOCC5)CC4)nc(N4CCNC[C@@H]4C(F)F)n3)C1)SC2. The van der Waals surface area contributed by atoms with Crippen LogP contribution < -0.4 is 25.6 Å². The number of thioether (sulfide) groups is 1. The lowest BCUT2D eigenvalue weighted by atomic mass is 9.88. The molecule has 0 amide bonds. The molecular weight excluding hydrogens is 572 g/mol. The number of fused-ring (bicyclic) bond motifs is 2. The van der Waals surface area contributed by atoms with E-state index in [0.29, 0.717) is 49.3 Å². The van der Waals surface area contributed by atoms with Gasteiger partial charge >= 0.3 is 6.01 Å². The molecule has 0 bridgehead atoms. The zero-order valence-corrected chi connectivity index (χ0v) is 24.3. The van der Waals surface area contributed by atoms with Crippen molar-refractivity contribution in [3.8, 4) is 12.1 Å². The van der Waals surface area contributed by atoms with Crippen LogP contribution in [0.15, 0.2) is 0 Å². The van der Waals surface area contributed by atoms with Crippen LogP contribution >= 0.6 is 23.1 Å². The van der Waals surface area contributed by atoms with Crippen LogP contribution in [-0.4, -0.2) is 104 Å². The molecule has 7 rings (SSSR count). The number of anilines is 3. The highest BCUT2D eigenvalue weighted by Gasteiger charge is 2.53. The number of aromatic nitrogens is 3. The van der Waals surface area contributed by atoms with Gasteiger partial charge < -0.3 is 30.3 Å². The summed E-state index contributed by atoms with van der Waals surface area (Å²) in [5.41, 5.74) is 7.80. The Kier molecular flexibility index (Phi) is 7.09. The summed E-state index contributed by atoms with van der Waals surface area (Å²) in [5, 5.41) is 13.4. The number of hydrogen-bond donors (Lipinski definition) is 2. The Morgan fingerprint density at radius 3 is 2.68 bits per heavy atom. The summed E-state index contributed by atoms with van der Waals surface area (Å²) >= 11 is 3.30. The Morgan fingerprint density at radius 1 is 1.17 bits per heavy atom. The van der Waals surface area contributed by atoms with Crippen LogP contribution in [0.3, 0.4) is 0 Å². The second-order valence-electron chi connectivity index (χ2n) is 11.6. The number of halogens is 2. The molecule has 2 aromatic heterocycles. The lowest BCUT2D eigenvalue weighted by Crippen LogP contribution is -2.58. The Balaban J connectivity index is 1.14. The van der Waals surface area contributed by atoms with Gasteiger partial charge in [-0.25, -0.2) is 8.78 Å². The molecule has 220 valence electrons. The summed E-state index contributed by atoms with van der Waals surface area (Å²) in [4.78, 5) is 21.1. The number of nitrogen functional groups attached to an aromatic ring is 1. The maximum Gasteiger partial charge on any atom is 0.323 e. The molecule has 5 aliphatic rings. The normalized spacial score (nSPS) is 24.8. The second kappa shape index (κ2) is 10.6. The van der Waals surface area contributed by atoms with Gasteiger partial charge in [0.25, 0.3) is 6.43 Å². The van der Waals surface area contributed by atoms with Crippen LogP contribution in [0.25, 0.3) is 0 Å². The fraction of sp³-hybridized carbons (Fsp3) is 0.692. The minimum absolute atomic E-state index is 0.0507. The van der Waals surface area contributed by atoms with Crippen LogP contribution in [0.4, 0.5) is 25.7 Å². The van der Waals surface area contributed by atoms with Crippen LogP contribution in [0.5, 0.6) is 6.01 Å². The van der Waals surface area contributed by atoms with Gasteiger partial charge in [0.05, 0.1) is 30.1 Å². The van der Waals surface area contributed by atoms with Crippen LogP contribution in [0, 0.1) is 16.7 Å². The fourth-order valence-electron chi connectivity index (χ4n) is 6.27. The van der Waals surface area contributed by atoms with Gasteiger partial charge in [0.2, 0.25) is 11.9 Å². The zero-order chi connectivity index (χ0) is 28.2. The van der Waals surface area contributed by atoms with Gasteiger partial charge in [-0.1, -0.05) is 0 Å². The summed E-state index contributed by atoms with van der Waals surface area (Å²) in [5.74, 6) is 1.45. The average Bonchev–Trinajstić information content (AvgIpc) is 3.51. The van der Waals surface area contributed by atoms with Gasteiger partial charge in [0.1, 0.15) is 17.1 Å². The van der Waals surface area contributed by atoms with Crippen molar-refractivity contribution in [2.24, 2.45) is 5.41 Å². The molecule has 0 radical (unpaired) electrons. The number of alkyl halides is 2. The molecule has 15 heteroatoms. The van der Waals surface area contributed by atoms with Gasteiger partial charge in [-0.2, -0.15) is 20.2 Å². The molecule has 1 spiro atoms. The van der Waals surface area contributed by atoms with E-state index >= 15 is 0 Å². The third-order valence-corrected chi connectivity index (χ3v) is 11.4. The third-order valence-electron chi connectivity index (χ3n) is 8.78. The molecule has 1 saturated carbocycles. The van der Waals surface area contributed by atoms with Crippen molar-refractivity contribution in [3.63, 3.8) is 0 Å². The number of hydrogen-bond acceptors (Lipinski definition) is 13. The average molecular weight is 606 g/mol. The van der Waals surface area contributed by atoms with Crippen LogP contribution in [-0.2, 0) is 15.2 Å². The van der Waals surface area contributed by atoms with Crippen molar-refractivity contribution in [1.29, 1.82) is 5.26 Å². The van der Waals surface area contributed by atoms with E-state index in [1.54, 1.807) is 4.90 Å². The number of ether oxygens (including phenoxy) is 2. The van der Waals surface area contributed by atoms with Crippen molar-refractivity contribution in [1.82, 2.24) is 25.2 Å². The molecule has 2 aromatic rings. The quantitative estimate of drug-likeness (QED) is 0.456. The maximum atomic E-state index is 14.0. The van der Waals surface area contributed by atoms with Crippen LogP contribution in [0.2, 0.25) is 0 Å². The van der Waals surface area contributed by atoms with E-state index in [9.17, 15) is 14.0 Å². The van der Waals surface area contributed by atoms with E-state index in [2.05, 4.69) is 26.3 Å². The smallest absolute Gasteiger partial charge is 0.323 e. The van der Waals surface area contributed by atoms with E-state index in [4.69, 9.17) is 20.2 Å². The first-order valence-electron chi connectivity index (χ1n) is 14.0. The first kappa shape index (κ1) is 27.3. The topological polar surface area (TPSA) is 129 Å². The van der Waals surface area contributed by atoms with Gasteiger partial charge in [-0.3, -0.25) is 4.90 Å². The number of piperazine rings is 1. The van der Waals surface area contributed by atoms with Gasteiger partial charge in [-0.15, -0.1) is 23.1 Å². The molecule has 6 heterocycles. The molecule has 41 heavy (non-hydrogen) atoms. The lowest BCUT2D eigenvalue weighted by Gasteiger charge is -2.48. The highest BCUT2D eigenvalue weighted by Crippen LogP contribution is 2.57. The summed E-state index contributed by atoms with van der Waals surface area (Å²) in [6.07, 6.45) is -0.413. The van der Waals surface area contributed by atoms with Crippen molar-refractivity contribution < 1.29 is 18.3 Å². The number of nitrogens with one attached hydrogen (secondary N) is 1. The summed E-state index contributed by atoms with van der Waals surface area (Å²) in [6, 6.07) is 1.43. The molecule has 0 aromatic carbocycles. The van der Waals surface area contributed by atoms with Crippen LogP contribution in [0.1, 0.15) is 28.8 Å². The first-order valence-corrected chi connectivity index (χ1v) is 15.8. The highest BCUT2D eigenvalue weighted by atomic mass is 32.2. The molecule has 1 atom stereocenters. The monoisotopic (exact) mass is 605 g/mol. The van der Waals surface area contributed by atoms with E-state index < -0.39 is 12.5 Å². The third kappa shape index (κ3) is 5.07. The maximum absolute atomic E-state index is 14.0. The number of nitrogens with zero attached hydrogens (tertiary/aromatic N) is 7. The minimum atomic E-state index is -2.55. The summed E-state index contributed by atoms with van der Waals surface area (Å²) in [7, 11) is 0. The zero-order valence-electron chi connectivity index (χ0n) is 22.7. The molecule has 1 aliphatic carbocycles. The van der Waals surface area contributed by atoms with E-state index in [-0.39, 0.29) is 28.7 Å². The van der Waals surface area contributed by atoms with E-state index in [1.807, 2.05) is 16.7 Å². The van der Waals surface area contributed by atoms with Gasteiger partial charge in [-0.05, 0) is 12.8 Å². The predicted octanol–water partition coefficient (Wildman–Crippen LogP) is 1.88. The molecule has 0 unspecified atom stereocenters. The first-order chi connectivity index (χ1) is 19.9. The fourth-order valence-corrected chi connectivity index (χ4v) is 9.08. The molecule has 3 saturated heterocycles. The highest BCUT2D eigenvalue weighted by molar-refractivity contribution is 8.00. The second-order valence-corrected chi connectivity index (χ2v) is 14.1. The standard InChI is InChI=1S/C26H33F2N9O2S2/c27-20(28)17-10-31-3-4-37(17)23-32-22(36-13-26(14-36)19-16(9-29)21(30)41-18(19)11-40-26)33-24(34-23)39-15-25(1-2-25)12-35-5-7-38-8-6-35/h17,20,31H,1-8,10-15,30H2/t17-/m1/s1. The van der Waals surface area contributed by atoms with E-state index in [1.165, 1.54) is 11.3 Å². The number of thiophene rings is 1. The Labute approximate surface area is 245 Å². The number of nitriles is 1. The van der Waals surface area contributed by atoms with Crippen molar-refractivity contribution in [2.45, 2.75) is 35.8 Å². The van der Waals surface area contributed by atoms with Gasteiger partial charge in [0, 0.05) is 74.0 Å². The molecule has 11 nitrogen and oxygen atoms in total. The predicted molar refractivity (Wildman–Crippen MR) is 153 cm³/mol. The molecule has 4 aliphatic heterocycles. The lowest BCUT2D eigenvalue weighted by molar-refractivity contribution is 0.0231. The molecule has 3 N–H and O–H groups in total. The largest absolute Gasteiger partial charge is 0.463 e. The number of nitrogens with two attached hydrogens (primary N) is 1. The Morgan fingerprint density at radius 2 is 1.95 bits per heavy atom. The Hall–Kier alpha value is -2.51. The summed E-state index contributed by atoms with van der Waals surface area (Å²) in [6.45, 7) is 7.00. The number of morpholine rings is 1. The van der Waals surface area contributed by atoms with Crippen molar-refractivity contribution >= 4 is 40.0 Å². The molecular formula is C26H33F2N9O2S2. The minimum Gasteiger partial charge on any atom is -0.463 e. The Bertz CT molecular complexity index is 1340. The van der Waals surface area contributed by atoms with Gasteiger partial charge in [0.15, 0.2) is 0 Å². The van der Waals surface area contributed by atoms with Crippen molar-refractivity contribution in [3.05, 3.63) is 16.0 Å².